The number of benzene rings is 1. The Hall–Kier alpha value is -2.60. The Morgan fingerprint density at radius 2 is 1.93 bits per heavy atom. The van der Waals surface area contributed by atoms with Crippen LogP contribution in [0.1, 0.15) is 28.8 Å². The Labute approximate surface area is 158 Å². The van der Waals surface area contributed by atoms with Gasteiger partial charge in [0.1, 0.15) is 11.3 Å². The summed E-state index contributed by atoms with van der Waals surface area (Å²) in [4.78, 5) is 28.5. The summed E-state index contributed by atoms with van der Waals surface area (Å²) in [5.41, 5.74) is 1.20. The molecule has 6 nitrogen and oxygen atoms in total. The van der Waals surface area contributed by atoms with Crippen LogP contribution in [0.5, 0.6) is 5.75 Å². The second-order valence-electron chi connectivity index (χ2n) is 7.44. The lowest BCUT2D eigenvalue weighted by molar-refractivity contribution is 0.0619. The van der Waals surface area contributed by atoms with Crippen LogP contribution in [0.4, 0.5) is 0 Å². The van der Waals surface area contributed by atoms with Gasteiger partial charge in [0, 0.05) is 18.8 Å². The van der Waals surface area contributed by atoms with E-state index in [1.54, 1.807) is 32.4 Å². The molecule has 1 aromatic heterocycles. The molecule has 2 bridgehead atoms. The molecule has 3 aliphatic rings. The maximum absolute atomic E-state index is 13.1. The monoisotopic (exact) mass is 367 g/mol. The number of piperidine rings is 3. The molecule has 27 heavy (non-hydrogen) atoms. The van der Waals surface area contributed by atoms with Gasteiger partial charge in [-0.05, 0) is 62.5 Å². The van der Waals surface area contributed by atoms with Crippen molar-refractivity contribution in [3.05, 3.63) is 58.0 Å². The first-order valence-corrected chi connectivity index (χ1v) is 9.47. The second-order valence-corrected chi connectivity index (χ2v) is 7.44. The number of rotatable bonds is 4. The van der Waals surface area contributed by atoms with Crippen molar-refractivity contribution in [3.8, 4) is 11.4 Å². The summed E-state index contributed by atoms with van der Waals surface area (Å²) < 4.78 is 6.86. The number of pyridine rings is 1. The summed E-state index contributed by atoms with van der Waals surface area (Å²) in [6.07, 6.45) is 3.93. The fourth-order valence-corrected chi connectivity index (χ4v) is 4.29. The van der Waals surface area contributed by atoms with Crippen LogP contribution >= 0.6 is 0 Å². The topological polar surface area (TPSA) is 63.6 Å². The number of nitrogens with one attached hydrogen (secondary N) is 1. The summed E-state index contributed by atoms with van der Waals surface area (Å²) in [7, 11) is 1.57. The van der Waals surface area contributed by atoms with E-state index in [1.165, 1.54) is 4.57 Å². The number of aryl methyl sites for hydroxylation is 1. The van der Waals surface area contributed by atoms with Crippen molar-refractivity contribution in [1.29, 1.82) is 0 Å². The minimum atomic E-state index is -0.321. The third kappa shape index (κ3) is 3.25. The molecule has 1 amide bonds. The van der Waals surface area contributed by atoms with Gasteiger partial charge in [0.25, 0.3) is 11.5 Å². The lowest BCUT2D eigenvalue weighted by Crippen LogP contribution is -2.57. The van der Waals surface area contributed by atoms with Gasteiger partial charge >= 0.3 is 0 Å². The van der Waals surface area contributed by atoms with E-state index in [2.05, 4.69) is 10.2 Å². The Morgan fingerprint density at radius 3 is 2.59 bits per heavy atom. The normalized spacial score (nSPS) is 23.9. The van der Waals surface area contributed by atoms with E-state index in [0.717, 1.165) is 32.5 Å². The summed E-state index contributed by atoms with van der Waals surface area (Å²) in [6, 6.07) is 9.23. The molecule has 4 heterocycles. The minimum absolute atomic E-state index is 0.124. The van der Waals surface area contributed by atoms with E-state index >= 15 is 0 Å². The number of carbonyl (C=O) groups excluding carboxylic acids is 1. The molecular formula is C21H25N3O3. The number of amides is 1. The number of nitrogens with zero attached hydrogens (tertiary/aromatic N) is 2. The van der Waals surface area contributed by atoms with Gasteiger partial charge in [0.15, 0.2) is 0 Å². The molecule has 0 radical (unpaired) electrons. The van der Waals surface area contributed by atoms with Crippen molar-refractivity contribution in [1.82, 2.24) is 14.8 Å². The van der Waals surface area contributed by atoms with Gasteiger partial charge in [-0.15, -0.1) is 0 Å². The zero-order valence-corrected chi connectivity index (χ0v) is 15.8. The van der Waals surface area contributed by atoms with E-state index in [1.807, 2.05) is 18.2 Å². The van der Waals surface area contributed by atoms with Gasteiger partial charge < -0.3 is 15.0 Å². The molecule has 0 spiro atoms. The highest BCUT2D eigenvalue weighted by Gasteiger charge is 2.35. The van der Waals surface area contributed by atoms with Crippen molar-refractivity contribution in [2.75, 3.05) is 26.7 Å². The number of ether oxygens (including phenoxy) is 1. The molecule has 1 unspecified atom stereocenters. The number of hydrogen-bond acceptors (Lipinski definition) is 4. The van der Waals surface area contributed by atoms with Gasteiger partial charge in [0.2, 0.25) is 0 Å². The molecule has 0 aliphatic carbocycles. The first kappa shape index (κ1) is 17.8. The molecule has 2 aromatic rings. The number of methoxy groups -OCH3 is 1. The molecule has 5 rings (SSSR count). The predicted octanol–water partition coefficient (Wildman–Crippen LogP) is 1.98. The molecule has 3 fully saturated rings. The van der Waals surface area contributed by atoms with Crippen LogP contribution in [-0.2, 0) is 0 Å². The number of fused-ring (bicyclic) bond motifs is 3. The first-order valence-electron chi connectivity index (χ1n) is 9.47. The summed E-state index contributed by atoms with van der Waals surface area (Å²) >= 11 is 0. The average molecular weight is 367 g/mol. The lowest BCUT2D eigenvalue weighted by Gasteiger charge is -2.44. The van der Waals surface area contributed by atoms with Crippen LogP contribution in [0.25, 0.3) is 5.69 Å². The van der Waals surface area contributed by atoms with Crippen LogP contribution in [0.15, 0.2) is 41.3 Å². The SMILES string of the molecule is COc1ccccc1-n1ccc(C)c(C(=O)NC2CN3CCC2CC3)c1=O. The number of carbonyl (C=O) groups is 1. The third-order valence-corrected chi connectivity index (χ3v) is 5.85. The maximum Gasteiger partial charge on any atom is 0.268 e. The summed E-state index contributed by atoms with van der Waals surface area (Å²) in [5.74, 6) is 0.826. The minimum Gasteiger partial charge on any atom is -0.495 e. The highest BCUT2D eigenvalue weighted by molar-refractivity contribution is 5.95. The van der Waals surface area contributed by atoms with Gasteiger partial charge in [-0.1, -0.05) is 12.1 Å². The second kappa shape index (κ2) is 7.19. The number of hydrogen-bond donors (Lipinski definition) is 1. The molecule has 0 saturated carbocycles. The quantitative estimate of drug-likeness (QED) is 0.898. The van der Waals surface area contributed by atoms with Crippen molar-refractivity contribution >= 4 is 5.91 Å². The highest BCUT2D eigenvalue weighted by Crippen LogP contribution is 2.27. The molecule has 1 aromatic carbocycles. The standard InChI is InChI=1S/C21H25N3O3/c1-14-7-12-24(17-5-3-4-6-18(17)27-2)21(26)19(14)20(25)22-16-13-23-10-8-15(16)9-11-23/h3-7,12,15-16H,8-11,13H2,1-2H3,(H,22,25). The molecule has 3 aliphatic heterocycles. The summed E-state index contributed by atoms with van der Waals surface area (Å²) in [6.45, 7) is 4.91. The lowest BCUT2D eigenvalue weighted by atomic mass is 9.84. The highest BCUT2D eigenvalue weighted by atomic mass is 16.5. The fourth-order valence-electron chi connectivity index (χ4n) is 4.29. The van der Waals surface area contributed by atoms with Crippen LogP contribution in [0, 0.1) is 12.8 Å². The molecule has 1 atom stereocenters. The van der Waals surface area contributed by atoms with Crippen molar-refractivity contribution in [3.63, 3.8) is 0 Å². The Bertz CT molecular complexity index is 913. The largest absolute Gasteiger partial charge is 0.495 e. The van der Waals surface area contributed by atoms with Gasteiger partial charge in [-0.3, -0.25) is 14.2 Å². The first-order chi connectivity index (χ1) is 13.1. The molecule has 142 valence electrons. The van der Waals surface area contributed by atoms with Crippen LogP contribution in [0.3, 0.4) is 0 Å². The van der Waals surface area contributed by atoms with E-state index in [9.17, 15) is 9.59 Å². The van der Waals surface area contributed by atoms with Gasteiger partial charge in [-0.2, -0.15) is 0 Å². The Morgan fingerprint density at radius 1 is 1.19 bits per heavy atom. The van der Waals surface area contributed by atoms with Crippen LogP contribution < -0.4 is 15.6 Å². The predicted molar refractivity (Wildman–Crippen MR) is 104 cm³/mol. The van der Waals surface area contributed by atoms with Crippen molar-refractivity contribution in [2.45, 2.75) is 25.8 Å². The van der Waals surface area contributed by atoms with Gasteiger partial charge in [0.05, 0.1) is 12.8 Å². The van der Waals surface area contributed by atoms with E-state index in [4.69, 9.17) is 4.74 Å². The molecule has 1 N–H and O–H groups in total. The number of para-hydroxylation sites is 2. The van der Waals surface area contributed by atoms with Crippen molar-refractivity contribution in [2.24, 2.45) is 5.92 Å². The molecule has 6 heteroatoms. The molecule has 3 saturated heterocycles. The fraction of sp³-hybridized carbons (Fsp3) is 0.429. The third-order valence-electron chi connectivity index (χ3n) is 5.85. The maximum atomic E-state index is 13.1. The summed E-state index contributed by atoms with van der Waals surface area (Å²) in [5, 5.41) is 3.13. The molecular weight excluding hydrogens is 342 g/mol. The van der Waals surface area contributed by atoms with E-state index in [0.29, 0.717) is 22.9 Å². The Balaban J connectivity index is 1.67. The van der Waals surface area contributed by atoms with Crippen molar-refractivity contribution < 1.29 is 9.53 Å². The van der Waals surface area contributed by atoms with E-state index in [-0.39, 0.29) is 23.1 Å². The smallest absolute Gasteiger partial charge is 0.268 e. The Kier molecular flexibility index (Phi) is 4.74. The zero-order chi connectivity index (χ0) is 19.0. The van der Waals surface area contributed by atoms with E-state index < -0.39 is 0 Å². The van der Waals surface area contributed by atoms with Crippen LogP contribution in [0.2, 0.25) is 0 Å². The zero-order valence-electron chi connectivity index (χ0n) is 15.8. The van der Waals surface area contributed by atoms with Crippen LogP contribution in [-0.4, -0.2) is 48.2 Å². The number of aromatic nitrogens is 1. The average Bonchev–Trinajstić information content (AvgIpc) is 2.69. The van der Waals surface area contributed by atoms with Gasteiger partial charge in [-0.25, -0.2) is 0 Å².